The van der Waals surface area contributed by atoms with Crippen molar-refractivity contribution in [2.24, 2.45) is 11.8 Å². The quantitative estimate of drug-likeness (QED) is 0.507. The molecule has 1 aliphatic heterocycles. The Morgan fingerprint density at radius 2 is 1.86 bits per heavy atom. The molecule has 0 radical (unpaired) electrons. The molecule has 2 aromatic rings. The van der Waals surface area contributed by atoms with Crippen LogP contribution in [0, 0.1) is 18.8 Å². The van der Waals surface area contributed by atoms with Crippen molar-refractivity contribution in [2.45, 2.75) is 24.7 Å². The Hall–Kier alpha value is -2.44. The van der Waals surface area contributed by atoms with Gasteiger partial charge in [-0.2, -0.15) is 8.42 Å². The van der Waals surface area contributed by atoms with Gasteiger partial charge in [-0.1, -0.05) is 42.0 Å². The molecule has 0 N–H and O–H groups in total. The number of hydrogen-bond acceptors (Lipinski definition) is 4. The summed E-state index contributed by atoms with van der Waals surface area (Å²) in [5.41, 5.74) is 1.68. The monoisotopic (exact) mass is 413 g/mol. The molecule has 1 aliphatic rings. The first-order chi connectivity index (χ1) is 13.9. The van der Waals surface area contributed by atoms with Crippen molar-refractivity contribution >= 4 is 16.0 Å². The smallest absolute Gasteiger partial charge is 0.296 e. The molecule has 2 atom stereocenters. The number of nitrogens with zero attached hydrogens (tertiary/aromatic N) is 1. The first kappa shape index (κ1) is 21.3. The Balaban J connectivity index is 1.55. The van der Waals surface area contributed by atoms with Gasteiger partial charge in [0.2, 0.25) is 0 Å². The van der Waals surface area contributed by atoms with Crippen LogP contribution in [0.15, 0.2) is 72.1 Å². The zero-order valence-electron chi connectivity index (χ0n) is 16.7. The lowest BCUT2D eigenvalue weighted by Gasteiger charge is -2.37. The summed E-state index contributed by atoms with van der Waals surface area (Å²) in [5, 5.41) is 0. The highest BCUT2D eigenvalue weighted by Gasteiger charge is 2.30. The molecule has 154 valence electrons. The Morgan fingerprint density at radius 1 is 1.17 bits per heavy atom. The van der Waals surface area contributed by atoms with Gasteiger partial charge in [-0.05, 0) is 55.9 Å². The number of hydrogen-bond donors (Lipinski definition) is 0. The average molecular weight is 414 g/mol. The number of carbonyl (C=O) groups is 1. The van der Waals surface area contributed by atoms with E-state index in [0.29, 0.717) is 25.1 Å². The first-order valence-electron chi connectivity index (χ1n) is 9.83. The average Bonchev–Trinajstić information content (AvgIpc) is 2.74. The number of likely N-dealkylation sites (tertiary alicyclic amines) is 1. The number of carbonyl (C=O) groups excluding carboxylic acids is 1. The van der Waals surface area contributed by atoms with Crippen LogP contribution in [0.2, 0.25) is 0 Å². The normalized spacial score (nSPS) is 19.7. The SMILES string of the molecule is C=C[C@H]1CN(C(=O)c2ccccc2)CC[C@H]1CCOS(=O)(=O)c1ccc(C)cc1. The summed E-state index contributed by atoms with van der Waals surface area (Å²) in [6.45, 7) is 7.18. The Bertz CT molecular complexity index is 939. The highest BCUT2D eigenvalue weighted by atomic mass is 32.2. The second-order valence-electron chi connectivity index (χ2n) is 7.44. The maximum atomic E-state index is 12.7. The van der Waals surface area contributed by atoms with E-state index in [0.717, 1.165) is 12.0 Å². The van der Waals surface area contributed by atoms with Crippen LogP contribution in [0.4, 0.5) is 0 Å². The largest absolute Gasteiger partial charge is 0.338 e. The number of aryl methyl sites for hydroxylation is 1. The number of amides is 1. The third kappa shape index (κ3) is 5.34. The van der Waals surface area contributed by atoms with Crippen LogP contribution in [-0.4, -0.2) is 38.9 Å². The minimum absolute atomic E-state index is 0.0223. The van der Waals surface area contributed by atoms with E-state index in [4.69, 9.17) is 4.18 Å². The zero-order chi connectivity index (χ0) is 20.9. The molecule has 1 heterocycles. The zero-order valence-corrected chi connectivity index (χ0v) is 17.5. The van der Waals surface area contributed by atoms with Gasteiger partial charge in [-0.15, -0.1) is 6.58 Å². The standard InChI is InChI=1S/C23H27NO4S/c1-3-19-17-24(23(25)21-7-5-4-6-8-21)15-13-20(19)14-16-28-29(26,27)22-11-9-18(2)10-12-22/h3-12,19-20H,1,13-17H2,2H3/t19-,20-/m0/s1. The van der Waals surface area contributed by atoms with Crippen LogP contribution in [0.1, 0.15) is 28.8 Å². The lowest BCUT2D eigenvalue weighted by Crippen LogP contribution is -2.43. The van der Waals surface area contributed by atoms with Crippen molar-refractivity contribution in [3.05, 3.63) is 78.4 Å². The minimum atomic E-state index is -3.75. The molecule has 5 nitrogen and oxygen atoms in total. The summed E-state index contributed by atoms with van der Waals surface area (Å²) >= 11 is 0. The summed E-state index contributed by atoms with van der Waals surface area (Å²) in [6, 6.07) is 15.9. The van der Waals surface area contributed by atoms with E-state index >= 15 is 0 Å². The van der Waals surface area contributed by atoms with Crippen molar-refractivity contribution < 1.29 is 17.4 Å². The van der Waals surface area contributed by atoms with Crippen molar-refractivity contribution in [3.63, 3.8) is 0 Å². The number of piperidine rings is 1. The molecule has 0 saturated carbocycles. The van der Waals surface area contributed by atoms with Crippen LogP contribution < -0.4 is 0 Å². The van der Waals surface area contributed by atoms with Crippen LogP contribution in [0.25, 0.3) is 0 Å². The number of benzene rings is 2. The predicted molar refractivity (Wildman–Crippen MR) is 113 cm³/mol. The predicted octanol–water partition coefficient (Wildman–Crippen LogP) is 4.05. The van der Waals surface area contributed by atoms with Crippen molar-refractivity contribution in [3.8, 4) is 0 Å². The van der Waals surface area contributed by atoms with Gasteiger partial charge in [-0.3, -0.25) is 8.98 Å². The summed E-state index contributed by atoms with van der Waals surface area (Å²) in [4.78, 5) is 14.7. The summed E-state index contributed by atoms with van der Waals surface area (Å²) < 4.78 is 29.9. The second kappa shape index (κ2) is 9.37. The molecule has 0 spiro atoms. The van der Waals surface area contributed by atoms with E-state index in [1.54, 1.807) is 24.3 Å². The van der Waals surface area contributed by atoms with E-state index < -0.39 is 10.1 Å². The van der Waals surface area contributed by atoms with Gasteiger partial charge >= 0.3 is 0 Å². The third-order valence-corrected chi connectivity index (χ3v) is 6.78. The van der Waals surface area contributed by atoms with Crippen molar-refractivity contribution in [1.82, 2.24) is 4.90 Å². The molecule has 1 saturated heterocycles. The summed E-state index contributed by atoms with van der Waals surface area (Å²) in [5.74, 6) is 0.372. The molecule has 3 rings (SSSR count). The van der Waals surface area contributed by atoms with E-state index in [-0.39, 0.29) is 29.2 Å². The molecule has 2 aromatic carbocycles. The van der Waals surface area contributed by atoms with Gasteiger partial charge in [0.05, 0.1) is 11.5 Å². The van der Waals surface area contributed by atoms with Gasteiger partial charge in [0.25, 0.3) is 16.0 Å². The fourth-order valence-corrected chi connectivity index (χ4v) is 4.61. The maximum Gasteiger partial charge on any atom is 0.296 e. The van der Waals surface area contributed by atoms with Gasteiger partial charge in [0.1, 0.15) is 0 Å². The molecule has 0 bridgehead atoms. The Kier molecular flexibility index (Phi) is 6.87. The molecule has 1 amide bonds. The van der Waals surface area contributed by atoms with Crippen LogP contribution in [0.3, 0.4) is 0 Å². The van der Waals surface area contributed by atoms with E-state index in [1.807, 2.05) is 48.2 Å². The fraction of sp³-hybridized carbons (Fsp3) is 0.348. The van der Waals surface area contributed by atoms with Crippen LogP contribution in [0.5, 0.6) is 0 Å². The molecular formula is C23H27NO4S. The molecular weight excluding hydrogens is 386 g/mol. The van der Waals surface area contributed by atoms with E-state index in [2.05, 4.69) is 6.58 Å². The lowest BCUT2D eigenvalue weighted by molar-refractivity contribution is 0.0621. The Labute approximate surface area is 173 Å². The first-order valence-corrected chi connectivity index (χ1v) is 11.2. The van der Waals surface area contributed by atoms with Gasteiger partial charge < -0.3 is 4.90 Å². The molecule has 6 heteroatoms. The molecule has 0 aliphatic carbocycles. The Morgan fingerprint density at radius 3 is 2.52 bits per heavy atom. The molecule has 1 fully saturated rings. The minimum Gasteiger partial charge on any atom is -0.338 e. The molecule has 0 aromatic heterocycles. The van der Waals surface area contributed by atoms with Crippen LogP contribution >= 0.6 is 0 Å². The summed E-state index contributed by atoms with van der Waals surface area (Å²) in [7, 11) is -3.75. The molecule has 0 unspecified atom stereocenters. The second-order valence-corrected chi connectivity index (χ2v) is 9.06. The van der Waals surface area contributed by atoms with Gasteiger partial charge in [0.15, 0.2) is 0 Å². The van der Waals surface area contributed by atoms with Crippen molar-refractivity contribution in [2.75, 3.05) is 19.7 Å². The van der Waals surface area contributed by atoms with Crippen molar-refractivity contribution in [1.29, 1.82) is 0 Å². The van der Waals surface area contributed by atoms with Crippen LogP contribution in [-0.2, 0) is 14.3 Å². The number of rotatable bonds is 7. The van der Waals surface area contributed by atoms with E-state index in [9.17, 15) is 13.2 Å². The maximum absolute atomic E-state index is 12.7. The molecule has 29 heavy (non-hydrogen) atoms. The van der Waals surface area contributed by atoms with Gasteiger partial charge in [-0.25, -0.2) is 0 Å². The topological polar surface area (TPSA) is 63.7 Å². The fourth-order valence-electron chi connectivity index (χ4n) is 3.69. The lowest BCUT2D eigenvalue weighted by atomic mass is 9.83. The highest BCUT2D eigenvalue weighted by Crippen LogP contribution is 2.29. The summed E-state index contributed by atoms with van der Waals surface area (Å²) in [6.07, 6.45) is 3.27. The van der Waals surface area contributed by atoms with Gasteiger partial charge in [0, 0.05) is 18.7 Å². The van der Waals surface area contributed by atoms with E-state index in [1.165, 1.54) is 0 Å². The highest BCUT2D eigenvalue weighted by molar-refractivity contribution is 7.86. The third-order valence-electron chi connectivity index (χ3n) is 5.45.